The fraction of sp³-hybridized carbons (Fsp3) is 0.769. The first-order valence-electron chi connectivity index (χ1n) is 6.28. The van der Waals surface area contributed by atoms with Crippen molar-refractivity contribution in [1.29, 1.82) is 0 Å². The molecule has 0 spiro atoms. The van der Waals surface area contributed by atoms with Crippen molar-refractivity contribution in [3.05, 3.63) is 0 Å². The first kappa shape index (κ1) is 14.0. The van der Waals surface area contributed by atoms with E-state index in [1.54, 1.807) is 0 Å². The van der Waals surface area contributed by atoms with Gasteiger partial charge in [0.1, 0.15) is 0 Å². The second kappa shape index (κ2) is 6.63. The summed E-state index contributed by atoms with van der Waals surface area (Å²) in [6, 6.07) is 0.264. The maximum absolute atomic E-state index is 11.7. The van der Waals surface area contributed by atoms with Crippen molar-refractivity contribution >= 4 is 5.91 Å². The average Bonchev–Trinajstić information content (AvgIpc) is 2.30. The quantitative estimate of drug-likeness (QED) is 0.693. The Morgan fingerprint density at radius 2 is 2.12 bits per heavy atom. The fourth-order valence-corrected chi connectivity index (χ4v) is 2.09. The molecule has 0 aliphatic carbocycles. The molecule has 1 aliphatic heterocycles. The van der Waals surface area contributed by atoms with Gasteiger partial charge in [0, 0.05) is 31.6 Å². The molecule has 0 aromatic carbocycles. The Hall–Kier alpha value is -1.05. The zero-order valence-corrected chi connectivity index (χ0v) is 10.8. The monoisotopic (exact) mass is 237 g/mol. The second-order valence-electron chi connectivity index (χ2n) is 4.93. The van der Waals surface area contributed by atoms with Gasteiger partial charge in [0.15, 0.2) is 0 Å². The molecule has 3 N–H and O–H groups in total. The van der Waals surface area contributed by atoms with Crippen LogP contribution >= 0.6 is 0 Å². The summed E-state index contributed by atoms with van der Waals surface area (Å²) in [5, 5.41) is 2.98. The van der Waals surface area contributed by atoms with Gasteiger partial charge in [-0.05, 0) is 26.7 Å². The number of amides is 1. The van der Waals surface area contributed by atoms with Crippen LogP contribution in [0.3, 0.4) is 0 Å². The van der Waals surface area contributed by atoms with Crippen LogP contribution in [0.4, 0.5) is 0 Å². The number of hydrogen-bond donors (Lipinski definition) is 2. The highest BCUT2D eigenvalue weighted by Gasteiger charge is 2.23. The molecular weight excluding hydrogens is 214 g/mol. The van der Waals surface area contributed by atoms with E-state index in [1.165, 1.54) is 0 Å². The number of carbonyl (C=O) groups is 1. The summed E-state index contributed by atoms with van der Waals surface area (Å²) in [5.74, 6) is 2.29. The third-order valence-electron chi connectivity index (χ3n) is 3.28. The molecule has 1 aliphatic rings. The molecule has 0 aromatic heterocycles. The third kappa shape index (κ3) is 4.37. The van der Waals surface area contributed by atoms with Gasteiger partial charge in [-0.2, -0.15) is 0 Å². The lowest BCUT2D eigenvalue weighted by atomic mass is 10.0. The molecular formula is C13H23N3O. The van der Waals surface area contributed by atoms with Gasteiger partial charge >= 0.3 is 0 Å². The predicted molar refractivity (Wildman–Crippen MR) is 69.3 cm³/mol. The van der Waals surface area contributed by atoms with E-state index in [4.69, 9.17) is 12.2 Å². The first-order valence-corrected chi connectivity index (χ1v) is 6.28. The zero-order valence-electron chi connectivity index (χ0n) is 10.8. The first-order chi connectivity index (χ1) is 8.04. The van der Waals surface area contributed by atoms with Crippen LogP contribution in [0.2, 0.25) is 0 Å². The number of terminal acetylenes is 1. The van der Waals surface area contributed by atoms with E-state index in [9.17, 15) is 4.79 Å². The SMILES string of the molecule is C#CCC(N)C(=O)NC1CCN(C(C)C)CC1. The summed E-state index contributed by atoms with van der Waals surface area (Å²) in [4.78, 5) is 14.1. The van der Waals surface area contributed by atoms with Crippen molar-refractivity contribution in [2.75, 3.05) is 13.1 Å². The average molecular weight is 237 g/mol. The number of nitrogens with zero attached hydrogens (tertiary/aromatic N) is 1. The molecule has 1 amide bonds. The van der Waals surface area contributed by atoms with Gasteiger partial charge in [0.2, 0.25) is 5.91 Å². The molecule has 4 nitrogen and oxygen atoms in total. The molecule has 1 fully saturated rings. The number of carbonyl (C=O) groups excluding carboxylic acids is 1. The molecule has 1 unspecified atom stereocenters. The highest BCUT2D eigenvalue weighted by Crippen LogP contribution is 2.12. The van der Waals surface area contributed by atoms with Gasteiger partial charge < -0.3 is 16.0 Å². The number of piperidine rings is 1. The van der Waals surface area contributed by atoms with Gasteiger partial charge in [0.25, 0.3) is 0 Å². The topological polar surface area (TPSA) is 58.4 Å². The molecule has 1 heterocycles. The second-order valence-corrected chi connectivity index (χ2v) is 4.93. The summed E-state index contributed by atoms with van der Waals surface area (Å²) in [5.41, 5.74) is 5.66. The van der Waals surface area contributed by atoms with Gasteiger partial charge in [-0.15, -0.1) is 12.3 Å². The molecule has 4 heteroatoms. The van der Waals surface area contributed by atoms with E-state index in [1.807, 2.05) is 0 Å². The predicted octanol–water partition coefficient (Wildman–Crippen LogP) is 0.326. The van der Waals surface area contributed by atoms with Gasteiger partial charge in [-0.1, -0.05) is 0 Å². The van der Waals surface area contributed by atoms with Crippen LogP contribution in [0.15, 0.2) is 0 Å². The highest BCUT2D eigenvalue weighted by molar-refractivity contribution is 5.82. The lowest BCUT2D eigenvalue weighted by Crippen LogP contribution is -2.50. The minimum atomic E-state index is -0.567. The van der Waals surface area contributed by atoms with Crippen LogP contribution in [-0.4, -0.2) is 42.0 Å². The van der Waals surface area contributed by atoms with E-state index in [-0.39, 0.29) is 11.9 Å². The molecule has 0 saturated carbocycles. The van der Waals surface area contributed by atoms with Crippen LogP contribution in [0.25, 0.3) is 0 Å². The van der Waals surface area contributed by atoms with Crippen molar-refractivity contribution in [2.45, 2.75) is 51.2 Å². The van der Waals surface area contributed by atoms with Gasteiger partial charge in [-0.3, -0.25) is 4.79 Å². The highest BCUT2D eigenvalue weighted by atomic mass is 16.2. The standard InChI is InChI=1S/C13H23N3O/c1-4-5-12(14)13(17)15-11-6-8-16(9-7-11)10(2)3/h1,10-12H,5-9,14H2,2-3H3,(H,15,17). The molecule has 1 atom stereocenters. The third-order valence-corrected chi connectivity index (χ3v) is 3.28. The molecule has 17 heavy (non-hydrogen) atoms. The fourth-order valence-electron chi connectivity index (χ4n) is 2.09. The molecule has 0 aromatic rings. The van der Waals surface area contributed by atoms with Crippen LogP contribution in [-0.2, 0) is 4.79 Å². The smallest absolute Gasteiger partial charge is 0.238 e. The molecule has 96 valence electrons. The Morgan fingerprint density at radius 3 is 2.59 bits per heavy atom. The Kier molecular flexibility index (Phi) is 5.46. The van der Waals surface area contributed by atoms with Crippen molar-refractivity contribution in [3.8, 4) is 12.3 Å². The summed E-state index contributed by atoms with van der Waals surface area (Å²) >= 11 is 0. The van der Waals surface area contributed by atoms with E-state index in [0.29, 0.717) is 12.5 Å². The van der Waals surface area contributed by atoms with Crippen molar-refractivity contribution in [2.24, 2.45) is 5.73 Å². The Morgan fingerprint density at radius 1 is 1.53 bits per heavy atom. The van der Waals surface area contributed by atoms with Crippen molar-refractivity contribution in [3.63, 3.8) is 0 Å². The van der Waals surface area contributed by atoms with Crippen LogP contribution in [0.1, 0.15) is 33.1 Å². The summed E-state index contributed by atoms with van der Waals surface area (Å²) < 4.78 is 0. The number of nitrogens with two attached hydrogens (primary N) is 1. The molecule has 0 radical (unpaired) electrons. The molecule has 0 bridgehead atoms. The maximum Gasteiger partial charge on any atom is 0.238 e. The maximum atomic E-state index is 11.7. The van der Waals surface area contributed by atoms with E-state index in [0.717, 1.165) is 25.9 Å². The number of nitrogens with one attached hydrogen (secondary N) is 1. The Bertz CT molecular complexity index is 288. The lowest BCUT2D eigenvalue weighted by molar-refractivity contribution is -0.123. The zero-order chi connectivity index (χ0) is 12.8. The van der Waals surface area contributed by atoms with Crippen LogP contribution in [0, 0.1) is 12.3 Å². The number of rotatable bonds is 4. The molecule has 1 saturated heterocycles. The number of hydrogen-bond acceptors (Lipinski definition) is 3. The number of likely N-dealkylation sites (tertiary alicyclic amines) is 1. The normalized spacial score (nSPS) is 19.9. The van der Waals surface area contributed by atoms with E-state index in [2.05, 4.69) is 30.0 Å². The van der Waals surface area contributed by atoms with Crippen LogP contribution < -0.4 is 11.1 Å². The summed E-state index contributed by atoms with van der Waals surface area (Å²) in [6.07, 6.45) is 7.42. The van der Waals surface area contributed by atoms with Crippen molar-refractivity contribution in [1.82, 2.24) is 10.2 Å². The van der Waals surface area contributed by atoms with E-state index < -0.39 is 6.04 Å². The summed E-state index contributed by atoms with van der Waals surface area (Å²) in [6.45, 7) is 6.46. The van der Waals surface area contributed by atoms with Crippen molar-refractivity contribution < 1.29 is 4.79 Å². The largest absolute Gasteiger partial charge is 0.352 e. The van der Waals surface area contributed by atoms with Crippen LogP contribution in [0.5, 0.6) is 0 Å². The van der Waals surface area contributed by atoms with Gasteiger partial charge in [-0.25, -0.2) is 0 Å². The van der Waals surface area contributed by atoms with Gasteiger partial charge in [0.05, 0.1) is 6.04 Å². The minimum Gasteiger partial charge on any atom is -0.352 e. The lowest BCUT2D eigenvalue weighted by Gasteiger charge is -2.35. The summed E-state index contributed by atoms with van der Waals surface area (Å²) in [7, 11) is 0. The minimum absolute atomic E-state index is 0.119. The van der Waals surface area contributed by atoms with E-state index >= 15 is 0 Å². The Labute approximate surface area is 104 Å². The Balaban J connectivity index is 2.31. The molecule has 1 rings (SSSR count).